The topological polar surface area (TPSA) is 58.6 Å². The zero-order chi connectivity index (χ0) is 11.1. The van der Waals surface area contributed by atoms with Crippen LogP contribution in [0.2, 0.25) is 0 Å². The summed E-state index contributed by atoms with van der Waals surface area (Å²) in [4.78, 5) is 21.3. The van der Waals surface area contributed by atoms with E-state index in [1.807, 2.05) is 13.8 Å². The SMILES string of the molecule is CC.Cc1nc(CC(C)C)nc(=O)[nH]1. The summed E-state index contributed by atoms with van der Waals surface area (Å²) in [6.45, 7) is 9.90. The number of nitrogens with zero attached hydrogens (tertiary/aromatic N) is 2. The molecule has 1 aromatic heterocycles. The van der Waals surface area contributed by atoms with Gasteiger partial charge >= 0.3 is 5.69 Å². The van der Waals surface area contributed by atoms with Crippen LogP contribution >= 0.6 is 0 Å². The monoisotopic (exact) mass is 197 g/mol. The van der Waals surface area contributed by atoms with Gasteiger partial charge in [-0.1, -0.05) is 27.7 Å². The van der Waals surface area contributed by atoms with Crippen LogP contribution in [0.4, 0.5) is 0 Å². The molecule has 0 saturated heterocycles. The van der Waals surface area contributed by atoms with E-state index >= 15 is 0 Å². The van der Waals surface area contributed by atoms with Gasteiger partial charge in [-0.05, 0) is 12.8 Å². The highest BCUT2D eigenvalue weighted by atomic mass is 16.1. The smallest absolute Gasteiger partial charge is 0.294 e. The fourth-order valence-corrected chi connectivity index (χ4v) is 1.00. The van der Waals surface area contributed by atoms with Gasteiger partial charge in [0, 0.05) is 6.42 Å². The Balaban J connectivity index is 0.000000791. The molecule has 1 N–H and O–H groups in total. The van der Waals surface area contributed by atoms with Crippen molar-refractivity contribution in [2.45, 2.75) is 41.0 Å². The van der Waals surface area contributed by atoms with Crippen LogP contribution in [0.15, 0.2) is 4.79 Å². The summed E-state index contributed by atoms with van der Waals surface area (Å²) in [6, 6.07) is 0. The van der Waals surface area contributed by atoms with E-state index in [-0.39, 0.29) is 5.69 Å². The van der Waals surface area contributed by atoms with Gasteiger partial charge in [0.05, 0.1) is 0 Å². The molecule has 1 rings (SSSR count). The predicted molar refractivity (Wildman–Crippen MR) is 57.3 cm³/mol. The fourth-order valence-electron chi connectivity index (χ4n) is 1.00. The van der Waals surface area contributed by atoms with Gasteiger partial charge in [-0.2, -0.15) is 4.98 Å². The van der Waals surface area contributed by atoms with Crippen molar-refractivity contribution < 1.29 is 0 Å². The van der Waals surface area contributed by atoms with E-state index in [0.717, 1.165) is 6.42 Å². The molecular formula is C10H19N3O. The maximum absolute atomic E-state index is 10.9. The molecule has 0 spiro atoms. The van der Waals surface area contributed by atoms with E-state index in [0.29, 0.717) is 17.6 Å². The number of rotatable bonds is 2. The molecule has 0 saturated carbocycles. The van der Waals surface area contributed by atoms with Gasteiger partial charge in [0.2, 0.25) is 0 Å². The minimum atomic E-state index is -0.307. The Morgan fingerprint density at radius 3 is 2.29 bits per heavy atom. The highest BCUT2D eigenvalue weighted by molar-refractivity contribution is 4.89. The summed E-state index contributed by atoms with van der Waals surface area (Å²) < 4.78 is 0. The zero-order valence-electron chi connectivity index (χ0n) is 9.59. The van der Waals surface area contributed by atoms with Crippen molar-refractivity contribution in [1.29, 1.82) is 0 Å². The molecule has 4 heteroatoms. The minimum absolute atomic E-state index is 0.307. The molecule has 0 aliphatic carbocycles. The Labute approximate surface area is 84.8 Å². The average Bonchev–Trinajstić information content (AvgIpc) is 2.04. The molecule has 1 heterocycles. The molecule has 0 radical (unpaired) electrons. The first-order valence-corrected chi connectivity index (χ1v) is 5.02. The van der Waals surface area contributed by atoms with E-state index in [4.69, 9.17) is 0 Å². The van der Waals surface area contributed by atoms with Crippen LogP contribution < -0.4 is 5.69 Å². The number of hydrogen-bond donors (Lipinski definition) is 1. The van der Waals surface area contributed by atoms with E-state index in [9.17, 15) is 4.79 Å². The number of aromatic nitrogens is 3. The van der Waals surface area contributed by atoms with Gasteiger partial charge in [0.1, 0.15) is 11.6 Å². The van der Waals surface area contributed by atoms with Gasteiger partial charge in [-0.25, -0.2) is 9.78 Å². The van der Waals surface area contributed by atoms with Crippen molar-refractivity contribution in [3.05, 3.63) is 22.1 Å². The van der Waals surface area contributed by atoms with Crippen molar-refractivity contribution in [3.63, 3.8) is 0 Å². The zero-order valence-corrected chi connectivity index (χ0v) is 9.59. The molecule has 80 valence electrons. The van der Waals surface area contributed by atoms with Gasteiger partial charge in [0.15, 0.2) is 0 Å². The molecular weight excluding hydrogens is 178 g/mol. The molecule has 0 aliphatic rings. The molecule has 0 amide bonds. The summed E-state index contributed by atoms with van der Waals surface area (Å²) in [5, 5.41) is 0. The minimum Gasteiger partial charge on any atom is -0.294 e. The van der Waals surface area contributed by atoms with Gasteiger partial charge < -0.3 is 0 Å². The molecule has 0 unspecified atom stereocenters. The predicted octanol–water partition coefficient (Wildman–Crippen LogP) is 1.70. The Morgan fingerprint density at radius 2 is 1.86 bits per heavy atom. The van der Waals surface area contributed by atoms with Gasteiger partial charge in [-0.15, -0.1) is 0 Å². The Kier molecular flexibility index (Phi) is 5.76. The standard InChI is InChI=1S/C8H13N3O.C2H6/c1-5(2)4-7-9-6(3)10-8(12)11-7;1-2/h5H,4H2,1-3H3,(H,9,10,11,12);1-2H3. The van der Waals surface area contributed by atoms with Crippen molar-refractivity contribution in [2.24, 2.45) is 5.92 Å². The maximum Gasteiger partial charge on any atom is 0.348 e. The van der Waals surface area contributed by atoms with Crippen LogP contribution in [0.3, 0.4) is 0 Å². The molecule has 0 fully saturated rings. The number of aryl methyl sites for hydroxylation is 1. The van der Waals surface area contributed by atoms with Crippen LogP contribution in [0.25, 0.3) is 0 Å². The molecule has 14 heavy (non-hydrogen) atoms. The van der Waals surface area contributed by atoms with Crippen molar-refractivity contribution in [3.8, 4) is 0 Å². The number of nitrogens with one attached hydrogen (secondary N) is 1. The lowest BCUT2D eigenvalue weighted by Crippen LogP contribution is -2.17. The van der Waals surface area contributed by atoms with E-state index in [1.54, 1.807) is 6.92 Å². The molecule has 0 aliphatic heterocycles. The third-order valence-corrected chi connectivity index (χ3v) is 1.41. The van der Waals surface area contributed by atoms with Crippen molar-refractivity contribution >= 4 is 0 Å². The Hall–Kier alpha value is -1.19. The van der Waals surface area contributed by atoms with Crippen LogP contribution in [0, 0.1) is 12.8 Å². The van der Waals surface area contributed by atoms with E-state index in [1.165, 1.54) is 0 Å². The first kappa shape index (κ1) is 12.8. The first-order valence-electron chi connectivity index (χ1n) is 5.02. The van der Waals surface area contributed by atoms with Crippen LogP contribution in [-0.4, -0.2) is 15.0 Å². The summed E-state index contributed by atoms with van der Waals surface area (Å²) in [6.07, 6.45) is 0.755. The highest BCUT2D eigenvalue weighted by Gasteiger charge is 2.02. The Bertz CT molecular complexity index is 317. The molecule has 4 nitrogen and oxygen atoms in total. The van der Waals surface area contributed by atoms with Crippen molar-refractivity contribution in [2.75, 3.05) is 0 Å². The van der Waals surface area contributed by atoms with Crippen LogP contribution in [-0.2, 0) is 6.42 Å². The second-order valence-electron chi connectivity index (χ2n) is 3.25. The lowest BCUT2D eigenvalue weighted by Gasteiger charge is -2.02. The average molecular weight is 197 g/mol. The summed E-state index contributed by atoms with van der Waals surface area (Å²) >= 11 is 0. The maximum atomic E-state index is 10.9. The molecule has 1 aromatic rings. The second-order valence-corrected chi connectivity index (χ2v) is 3.25. The normalized spacial score (nSPS) is 9.57. The number of aromatic amines is 1. The fraction of sp³-hybridized carbons (Fsp3) is 0.700. The lowest BCUT2D eigenvalue weighted by molar-refractivity contribution is 0.611. The third kappa shape index (κ3) is 4.74. The van der Waals surface area contributed by atoms with Crippen LogP contribution in [0.5, 0.6) is 0 Å². The van der Waals surface area contributed by atoms with Gasteiger partial charge in [-0.3, -0.25) is 4.98 Å². The number of H-pyrrole nitrogens is 1. The van der Waals surface area contributed by atoms with Crippen molar-refractivity contribution in [1.82, 2.24) is 15.0 Å². The van der Waals surface area contributed by atoms with Gasteiger partial charge in [0.25, 0.3) is 0 Å². The third-order valence-electron chi connectivity index (χ3n) is 1.41. The Morgan fingerprint density at radius 1 is 1.29 bits per heavy atom. The largest absolute Gasteiger partial charge is 0.348 e. The molecule has 0 aromatic carbocycles. The lowest BCUT2D eigenvalue weighted by atomic mass is 10.1. The van der Waals surface area contributed by atoms with E-state index in [2.05, 4.69) is 28.8 Å². The summed E-state index contributed by atoms with van der Waals surface area (Å²) in [5.41, 5.74) is -0.307. The quantitative estimate of drug-likeness (QED) is 0.785. The highest BCUT2D eigenvalue weighted by Crippen LogP contribution is 1.99. The van der Waals surface area contributed by atoms with Crippen LogP contribution in [0.1, 0.15) is 39.3 Å². The first-order chi connectivity index (χ1) is 6.58. The second kappa shape index (κ2) is 6.29. The molecule has 0 bridgehead atoms. The molecule has 0 atom stereocenters. The summed E-state index contributed by atoms with van der Waals surface area (Å²) in [5.74, 6) is 1.74. The summed E-state index contributed by atoms with van der Waals surface area (Å²) in [7, 11) is 0. The number of hydrogen-bond acceptors (Lipinski definition) is 3. The van der Waals surface area contributed by atoms with E-state index < -0.39 is 0 Å².